The fourth-order valence-corrected chi connectivity index (χ4v) is 2.14. The third-order valence-electron chi connectivity index (χ3n) is 3.02. The number of ether oxygens (including phenoxy) is 2. The lowest BCUT2D eigenvalue weighted by atomic mass is 10.2. The predicted octanol–water partition coefficient (Wildman–Crippen LogP) is 4.29. The van der Waals surface area contributed by atoms with Gasteiger partial charge < -0.3 is 14.8 Å². The smallest absolute Gasteiger partial charge is 0.407 e. The second-order valence-electron chi connectivity index (χ2n) is 4.77. The largest absolute Gasteiger partial charge is 0.497 e. The van der Waals surface area contributed by atoms with E-state index in [1.165, 1.54) is 0 Å². The van der Waals surface area contributed by atoms with Crippen molar-refractivity contribution >= 4 is 23.8 Å². The Morgan fingerprint density at radius 3 is 2.74 bits per heavy atom. The van der Waals surface area contributed by atoms with Crippen molar-refractivity contribution in [2.45, 2.75) is 6.61 Å². The van der Waals surface area contributed by atoms with Crippen molar-refractivity contribution < 1.29 is 14.3 Å². The molecule has 0 atom stereocenters. The number of rotatable bonds is 6. The standard InChI is InChI=1S/C18H18ClNO3/c1-22-17-11-15(10-16(19)12-17)8-5-9-20-18(21)23-13-14-6-3-2-4-7-14/h2-8,10-12H,9,13H2,1H3,(H,20,21). The lowest BCUT2D eigenvalue weighted by Crippen LogP contribution is -2.24. The van der Waals surface area contributed by atoms with Gasteiger partial charge in [0.15, 0.2) is 0 Å². The van der Waals surface area contributed by atoms with Crippen molar-refractivity contribution in [1.82, 2.24) is 5.32 Å². The summed E-state index contributed by atoms with van der Waals surface area (Å²) in [5.74, 6) is 0.687. The van der Waals surface area contributed by atoms with Gasteiger partial charge in [0.2, 0.25) is 0 Å². The van der Waals surface area contributed by atoms with Crippen molar-refractivity contribution in [2.75, 3.05) is 13.7 Å². The molecule has 2 rings (SSSR count). The van der Waals surface area contributed by atoms with Crippen LogP contribution in [-0.2, 0) is 11.3 Å². The second kappa shape index (κ2) is 8.86. The van der Waals surface area contributed by atoms with Crippen LogP contribution in [0, 0.1) is 0 Å². The summed E-state index contributed by atoms with van der Waals surface area (Å²) in [7, 11) is 1.59. The minimum absolute atomic E-state index is 0.252. The Labute approximate surface area is 140 Å². The Kier molecular flexibility index (Phi) is 6.51. The van der Waals surface area contributed by atoms with Gasteiger partial charge in [-0.3, -0.25) is 0 Å². The van der Waals surface area contributed by atoms with E-state index in [4.69, 9.17) is 21.1 Å². The first-order valence-electron chi connectivity index (χ1n) is 7.13. The lowest BCUT2D eigenvalue weighted by Gasteiger charge is -2.05. The van der Waals surface area contributed by atoms with E-state index in [0.29, 0.717) is 17.3 Å². The number of hydrogen-bond acceptors (Lipinski definition) is 3. The van der Waals surface area contributed by atoms with E-state index >= 15 is 0 Å². The Morgan fingerprint density at radius 1 is 1.22 bits per heavy atom. The SMILES string of the molecule is COc1cc(Cl)cc(C=CCNC(=O)OCc2ccccc2)c1. The molecule has 120 valence electrons. The van der Waals surface area contributed by atoms with Crippen LogP contribution in [-0.4, -0.2) is 19.7 Å². The van der Waals surface area contributed by atoms with Gasteiger partial charge in [0.05, 0.1) is 7.11 Å². The summed E-state index contributed by atoms with van der Waals surface area (Å²) in [6.45, 7) is 0.615. The van der Waals surface area contributed by atoms with Crippen molar-refractivity contribution in [2.24, 2.45) is 0 Å². The zero-order chi connectivity index (χ0) is 16.5. The highest BCUT2D eigenvalue weighted by Crippen LogP contribution is 2.21. The second-order valence-corrected chi connectivity index (χ2v) is 5.21. The maximum absolute atomic E-state index is 11.6. The zero-order valence-corrected chi connectivity index (χ0v) is 13.5. The number of methoxy groups -OCH3 is 1. The molecule has 0 fully saturated rings. The summed E-state index contributed by atoms with van der Waals surface area (Å²) in [5, 5.41) is 3.25. The number of nitrogens with one attached hydrogen (secondary N) is 1. The van der Waals surface area contributed by atoms with Crippen molar-refractivity contribution in [1.29, 1.82) is 0 Å². The van der Waals surface area contributed by atoms with Gasteiger partial charge in [0.25, 0.3) is 0 Å². The normalized spacial score (nSPS) is 10.5. The number of carbonyl (C=O) groups excluding carboxylic acids is 1. The topological polar surface area (TPSA) is 47.6 Å². The Balaban J connectivity index is 1.75. The van der Waals surface area contributed by atoms with Gasteiger partial charge in [-0.15, -0.1) is 0 Å². The van der Waals surface area contributed by atoms with Gasteiger partial charge in [-0.2, -0.15) is 0 Å². The average molecular weight is 332 g/mol. The van der Waals surface area contributed by atoms with Crippen LogP contribution in [0.4, 0.5) is 4.79 Å². The van der Waals surface area contributed by atoms with Gasteiger partial charge in [-0.05, 0) is 29.3 Å². The van der Waals surface area contributed by atoms with Crippen molar-refractivity contribution in [3.05, 3.63) is 70.8 Å². The molecule has 23 heavy (non-hydrogen) atoms. The molecule has 0 spiro atoms. The van der Waals surface area contributed by atoms with E-state index in [-0.39, 0.29) is 6.61 Å². The fraction of sp³-hybridized carbons (Fsp3) is 0.167. The average Bonchev–Trinajstić information content (AvgIpc) is 2.57. The Bertz CT molecular complexity index is 671. The molecular formula is C18H18ClNO3. The first kappa shape index (κ1) is 16.9. The minimum atomic E-state index is -0.456. The summed E-state index contributed by atoms with van der Waals surface area (Å²) in [4.78, 5) is 11.6. The number of amides is 1. The molecule has 5 heteroatoms. The molecule has 0 aliphatic heterocycles. The molecule has 0 bridgehead atoms. The van der Waals surface area contributed by atoms with Crippen LogP contribution >= 0.6 is 11.6 Å². The maximum atomic E-state index is 11.6. The van der Waals surface area contributed by atoms with E-state index in [9.17, 15) is 4.79 Å². The number of alkyl carbamates (subject to hydrolysis) is 1. The molecule has 0 aliphatic carbocycles. The number of benzene rings is 2. The van der Waals surface area contributed by atoms with Crippen LogP contribution in [0.5, 0.6) is 5.75 Å². The molecular weight excluding hydrogens is 314 g/mol. The molecule has 0 radical (unpaired) electrons. The zero-order valence-electron chi connectivity index (χ0n) is 12.8. The quantitative estimate of drug-likeness (QED) is 0.859. The molecule has 0 heterocycles. The molecule has 0 aromatic heterocycles. The van der Waals surface area contributed by atoms with Gasteiger partial charge in [-0.25, -0.2) is 4.79 Å². The van der Waals surface area contributed by atoms with E-state index < -0.39 is 6.09 Å². The van der Waals surface area contributed by atoms with Crippen molar-refractivity contribution in [3.63, 3.8) is 0 Å². The highest BCUT2D eigenvalue weighted by atomic mass is 35.5. The molecule has 0 saturated carbocycles. The van der Waals surface area contributed by atoms with Gasteiger partial charge in [-0.1, -0.05) is 54.1 Å². The van der Waals surface area contributed by atoms with Gasteiger partial charge in [0.1, 0.15) is 12.4 Å². The highest BCUT2D eigenvalue weighted by molar-refractivity contribution is 6.30. The first-order valence-corrected chi connectivity index (χ1v) is 7.51. The summed E-state index contributed by atoms with van der Waals surface area (Å²) in [6, 6.07) is 14.9. The Morgan fingerprint density at radius 2 is 2.00 bits per heavy atom. The van der Waals surface area contributed by atoms with E-state index in [2.05, 4.69) is 5.32 Å². The molecule has 2 aromatic carbocycles. The maximum Gasteiger partial charge on any atom is 0.407 e. The van der Waals surface area contributed by atoms with Crippen LogP contribution in [0.3, 0.4) is 0 Å². The van der Waals surface area contributed by atoms with E-state index in [0.717, 1.165) is 11.1 Å². The van der Waals surface area contributed by atoms with Crippen LogP contribution < -0.4 is 10.1 Å². The minimum Gasteiger partial charge on any atom is -0.497 e. The molecule has 1 amide bonds. The van der Waals surface area contributed by atoms with Crippen LogP contribution in [0.1, 0.15) is 11.1 Å². The number of hydrogen-bond donors (Lipinski definition) is 1. The Hall–Kier alpha value is -2.46. The van der Waals surface area contributed by atoms with Crippen LogP contribution in [0.15, 0.2) is 54.6 Å². The third-order valence-corrected chi connectivity index (χ3v) is 3.23. The monoisotopic (exact) mass is 331 g/mol. The molecule has 0 saturated heterocycles. The molecule has 1 N–H and O–H groups in total. The summed E-state index contributed by atoms with van der Waals surface area (Å²) in [6.07, 6.45) is 3.21. The van der Waals surface area contributed by atoms with E-state index in [1.54, 1.807) is 13.2 Å². The van der Waals surface area contributed by atoms with E-state index in [1.807, 2.05) is 54.6 Å². The third kappa shape index (κ3) is 6.04. The van der Waals surface area contributed by atoms with Crippen LogP contribution in [0.2, 0.25) is 5.02 Å². The fourth-order valence-electron chi connectivity index (χ4n) is 1.91. The summed E-state index contributed by atoms with van der Waals surface area (Å²) in [5.41, 5.74) is 1.85. The van der Waals surface area contributed by atoms with Gasteiger partial charge >= 0.3 is 6.09 Å². The molecule has 0 aliphatic rings. The highest BCUT2D eigenvalue weighted by Gasteiger charge is 2.00. The van der Waals surface area contributed by atoms with Crippen LogP contribution in [0.25, 0.3) is 6.08 Å². The summed E-state index contributed by atoms with van der Waals surface area (Å²) >= 11 is 5.99. The first-order chi connectivity index (χ1) is 11.2. The molecule has 2 aromatic rings. The predicted molar refractivity (Wildman–Crippen MR) is 91.7 cm³/mol. The molecule has 4 nitrogen and oxygen atoms in total. The lowest BCUT2D eigenvalue weighted by molar-refractivity contribution is 0.141. The molecule has 0 unspecified atom stereocenters. The number of halogens is 1. The number of carbonyl (C=O) groups is 1. The van der Waals surface area contributed by atoms with Gasteiger partial charge in [0, 0.05) is 11.6 Å². The summed E-state index contributed by atoms with van der Waals surface area (Å²) < 4.78 is 10.3. The van der Waals surface area contributed by atoms with Crippen molar-refractivity contribution in [3.8, 4) is 5.75 Å².